The van der Waals surface area contributed by atoms with Crippen LogP contribution in [0.2, 0.25) is 0 Å². The average Bonchev–Trinajstić information content (AvgIpc) is 3.37. The maximum atomic E-state index is 12.6. The van der Waals surface area contributed by atoms with Gasteiger partial charge in [0.2, 0.25) is 11.8 Å². The number of ether oxygens (including phenoxy) is 1. The van der Waals surface area contributed by atoms with E-state index in [1.165, 1.54) is 6.92 Å². The second kappa shape index (κ2) is 7.42. The summed E-state index contributed by atoms with van der Waals surface area (Å²) in [5.41, 5.74) is 0.983. The molecule has 2 saturated carbocycles. The third kappa shape index (κ3) is 3.54. The number of carbonyl (C=O) groups excluding carboxylic acids is 5. The van der Waals surface area contributed by atoms with Crippen LogP contribution < -0.4 is 5.32 Å². The summed E-state index contributed by atoms with van der Waals surface area (Å²) >= 11 is 0. The quantitative estimate of drug-likeness (QED) is 0.441. The first-order valence-electron chi connectivity index (χ1n) is 9.77. The third-order valence-electron chi connectivity index (χ3n) is 6.25. The minimum atomic E-state index is -0.791. The summed E-state index contributed by atoms with van der Waals surface area (Å²) in [6, 6.07) is 6.31. The van der Waals surface area contributed by atoms with Crippen molar-refractivity contribution in [1.82, 2.24) is 4.90 Å². The van der Waals surface area contributed by atoms with E-state index in [1.807, 2.05) is 0 Å². The van der Waals surface area contributed by atoms with Crippen molar-refractivity contribution in [3.63, 3.8) is 0 Å². The Hall–Kier alpha value is -3.03. The smallest absolute Gasteiger partial charge is 0.326 e. The highest BCUT2D eigenvalue weighted by molar-refractivity contribution is 6.08. The summed E-state index contributed by atoms with van der Waals surface area (Å²) in [6.07, 6.45) is 2.87. The molecule has 1 heterocycles. The van der Waals surface area contributed by atoms with Gasteiger partial charge in [0.05, 0.1) is 11.8 Å². The van der Waals surface area contributed by atoms with Gasteiger partial charge in [-0.3, -0.25) is 28.9 Å². The van der Waals surface area contributed by atoms with Gasteiger partial charge < -0.3 is 10.1 Å². The van der Waals surface area contributed by atoms with Crippen molar-refractivity contribution < 1.29 is 28.7 Å². The number of Topliss-reactive ketones (excluding diaryl/α,β-unsaturated/α-hetero) is 1. The van der Waals surface area contributed by atoms with Gasteiger partial charge in [0, 0.05) is 11.3 Å². The number of fused-ring (bicyclic) bond motifs is 5. The van der Waals surface area contributed by atoms with E-state index in [1.54, 1.807) is 24.3 Å². The van der Waals surface area contributed by atoms with Gasteiger partial charge in [0.25, 0.3) is 5.91 Å². The molecule has 1 N–H and O–H groups in total. The van der Waals surface area contributed by atoms with Crippen molar-refractivity contribution in [2.45, 2.75) is 26.2 Å². The molecular formula is C21H22N2O6. The zero-order chi connectivity index (χ0) is 20.7. The fraction of sp³-hybridized carbons (Fsp3) is 0.476. The van der Waals surface area contributed by atoms with Crippen molar-refractivity contribution in [3.05, 3.63) is 29.8 Å². The van der Waals surface area contributed by atoms with Crippen LogP contribution in [0.1, 0.15) is 36.5 Å². The van der Waals surface area contributed by atoms with Crippen molar-refractivity contribution in [2.75, 3.05) is 18.5 Å². The highest BCUT2D eigenvalue weighted by Gasteiger charge is 2.61. The fourth-order valence-corrected chi connectivity index (χ4v) is 4.93. The van der Waals surface area contributed by atoms with Crippen LogP contribution in [0.25, 0.3) is 0 Å². The van der Waals surface area contributed by atoms with Gasteiger partial charge in [0.1, 0.15) is 6.54 Å². The number of likely N-dealkylation sites (tertiary alicyclic amines) is 1. The summed E-state index contributed by atoms with van der Waals surface area (Å²) < 4.78 is 4.94. The Labute approximate surface area is 167 Å². The number of hydrogen-bond acceptors (Lipinski definition) is 6. The van der Waals surface area contributed by atoms with Crippen molar-refractivity contribution >= 4 is 35.2 Å². The van der Waals surface area contributed by atoms with Crippen molar-refractivity contribution in [2.24, 2.45) is 23.7 Å². The van der Waals surface area contributed by atoms with Crippen LogP contribution in [0, 0.1) is 23.7 Å². The molecule has 1 saturated heterocycles. The Bertz CT molecular complexity index is 865. The number of anilines is 1. The normalized spacial score (nSPS) is 27.1. The SMILES string of the molecule is CC(=O)c1ccc(NC(=O)COC(=O)CN2C(=O)[C@H]3[C@H]4CC[C@@H](C4)[C@@H]3C2=O)cc1. The Kier molecular flexibility index (Phi) is 4.94. The predicted molar refractivity (Wildman–Crippen MR) is 101 cm³/mol. The molecule has 0 aromatic heterocycles. The number of nitrogens with one attached hydrogen (secondary N) is 1. The Morgan fingerprint density at radius 3 is 2.17 bits per heavy atom. The summed E-state index contributed by atoms with van der Waals surface area (Å²) in [4.78, 5) is 61.4. The predicted octanol–water partition coefficient (Wildman–Crippen LogP) is 1.40. The van der Waals surface area contributed by atoms with Gasteiger partial charge in [-0.2, -0.15) is 0 Å². The molecule has 1 aromatic carbocycles. The van der Waals surface area contributed by atoms with Crippen LogP contribution in [0.15, 0.2) is 24.3 Å². The molecule has 8 heteroatoms. The van der Waals surface area contributed by atoms with Crippen LogP contribution in [0.4, 0.5) is 5.69 Å². The molecule has 8 nitrogen and oxygen atoms in total. The lowest BCUT2D eigenvalue weighted by Gasteiger charge is -2.19. The zero-order valence-electron chi connectivity index (χ0n) is 16.1. The maximum Gasteiger partial charge on any atom is 0.326 e. The molecule has 1 aromatic rings. The van der Waals surface area contributed by atoms with Crippen LogP contribution in [0.5, 0.6) is 0 Å². The van der Waals surface area contributed by atoms with Gasteiger partial charge in [-0.1, -0.05) is 0 Å². The van der Waals surface area contributed by atoms with Gasteiger partial charge in [-0.25, -0.2) is 0 Å². The lowest BCUT2D eigenvalue weighted by atomic mass is 9.81. The monoisotopic (exact) mass is 398 g/mol. The second-order valence-corrected chi connectivity index (χ2v) is 7.99. The van der Waals surface area contributed by atoms with Gasteiger partial charge in [0.15, 0.2) is 12.4 Å². The van der Waals surface area contributed by atoms with E-state index >= 15 is 0 Å². The average molecular weight is 398 g/mol. The Morgan fingerprint density at radius 1 is 1.03 bits per heavy atom. The summed E-state index contributed by atoms with van der Waals surface area (Å²) in [5.74, 6) is -2.04. The fourth-order valence-electron chi connectivity index (χ4n) is 4.93. The highest BCUT2D eigenvalue weighted by atomic mass is 16.5. The molecule has 29 heavy (non-hydrogen) atoms. The molecule has 0 radical (unpaired) electrons. The minimum Gasteiger partial charge on any atom is -0.454 e. The lowest BCUT2D eigenvalue weighted by molar-refractivity contribution is -0.154. The Morgan fingerprint density at radius 2 is 1.62 bits per heavy atom. The molecule has 3 fully saturated rings. The first-order valence-corrected chi connectivity index (χ1v) is 9.77. The van der Waals surface area contributed by atoms with Crippen LogP contribution in [-0.4, -0.2) is 47.5 Å². The lowest BCUT2D eigenvalue weighted by Crippen LogP contribution is -2.38. The molecule has 0 spiro atoms. The molecular weight excluding hydrogens is 376 g/mol. The zero-order valence-corrected chi connectivity index (χ0v) is 16.1. The van der Waals surface area contributed by atoms with Gasteiger partial charge >= 0.3 is 5.97 Å². The number of esters is 1. The first kappa shape index (κ1) is 19.3. The summed E-state index contributed by atoms with van der Waals surface area (Å²) in [7, 11) is 0. The van der Waals surface area contributed by atoms with E-state index in [4.69, 9.17) is 4.74 Å². The molecule has 152 valence electrons. The molecule has 4 atom stereocenters. The number of hydrogen-bond donors (Lipinski definition) is 1. The number of benzene rings is 1. The van der Waals surface area contributed by atoms with E-state index in [-0.39, 0.29) is 41.3 Å². The number of nitrogens with zero attached hydrogens (tertiary/aromatic N) is 1. The summed E-state index contributed by atoms with van der Waals surface area (Å²) in [6.45, 7) is 0.465. The molecule has 1 aliphatic heterocycles. The van der Waals surface area contributed by atoms with Crippen LogP contribution >= 0.6 is 0 Å². The Balaban J connectivity index is 1.27. The number of rotatable bonds is 6. The molecule has 3 aliphatic rings. The number of ketones is 1. The van der Waals surface area contributed by atoms with Crippen molar-refractivity contribution in [3.8, 4) is 0 Å². The van der Waals surface area contributed by atoms with E-state index in [2.05, 4.69) is 5.32 Å². The molecule has 4 rings (SSSR count). The van der Waals surface area contributed by atoms with Crippen LogP contribution in [-0.2, 0) is 23.9 Å². The first-order chi connectivity index (χ1) is 13.8. The molecule has 3 amide bonds. The number of imide groups is 1. The molecule has 0 unspecified atom stereocenters. The minimum absolute atomic E-state index is 0.0834. The van der Waals surface area contributed by atoms with Crippen LogP contribution in [0.3, 0.4) is 0 Å². The third-order valence-corrected chi connectivity index (χ3v) is 6.25. The highest BCUT2D eigenvalue weighted by Crippen LogP contribution is 2.56. The standard InChI is InChI=1S/C21H22N2O6/c1-11(24)12-4-6-15(7-5-12)22-16(25)10-29-17(26)9-23-20(27)18-13-2-3-14(8-13)19(18)21(23)28/h4-7,13-14,18-19H,2-3,8-10H2,1H3,(H,22,25)/t13-,14-,18-,19-/m0/s1. The second-order valence-electron chi connectivity index (χ2n) is 7.99. The van der Waals surface area contributed by atoms with Crippen molar-refractivity contribution in [1.29, 1.82) is 0 Å². The van der Waals surface area contributed by atoms with E-state index in [9.17, 15) is 24.0 Å². The number of amides is 3. The van der Waals surface area contributed by atoms with Gasteiger partial charge in [-0.05, 0) is 62.3 Å². The molecule has 2 aliphatic carbocycles. The maximum absolute atomic E-state index is 12.6. The van der Waals surface area contributed by atoms with E-state index in [0.717, 1.165) is 24.2 Å². The summed E-state index contributed by atoms with van der Waals surface area (Å²) in [5, 5.41) is 2.55. The van der Waals surface area contributed by atoms with Gasteiger partial charge in [-0.15, -0.1) is 0 Å². The van der Waals surface area contributed by atoms with E-state index in [0.29, 0.717) is 11.3 Å². The van der Waals surface area contributed by atoms with E-state index < -0.39 is 25.0 Å². The topological polar surface area (TPSA) is 110 Å². The molecule has 2 bridgehead atoms. The number of carbonyl (C=O) groups is 5. The largest absolute Gasteiger partial charge is 0.454 e.